The molecule has 3 rings (SSSR count). The Morgan fingerprint density at radius 2 is 1.76 bits per heavy atom. The molecule has 1 aliphatic rings. The predicted octanol–water partition coefficient (Wildman–Crippen LogP) is 4.45. The first-order chi connectivity index (χ1) is 13.6. The van der Waals surface area contributed by atoms with E-state index < -0.39 is 20.7 Å². The van der Waals surface area contributed by atoms with E-state index in [0.29, 0.717) is 35.1 Å². The zero-order chi connectivity index (χ0) is 21.2. The molecule has 0 radical (unpaired) electrons. The van der Waals surface area contributed by atoms with E-state index in [1.807, 2.05) is 13.8 Å². The topological polar surface area (TPSA) is 75.7 Å². The Labute approximate surface area is 176 Å². The van der Waals surface area contributed by atoms with Crippen LogP contribution in [0.1, 0.15) is 33.6 Å². The molecule has 0 aliphatic carbocycles. The molecule has 0 bridgehead atoms. The summed E-state index contributed by atoms with van der Waals surface area (Å²) in [5.41, 5.74) is 1.02. The highest BCUT2D eigenvalue weighted by Gasteiger charge is 2.51. The van der Waals surface area contributed by atoms with Crippen LogP contribution in [0.2, 0.25) is 5.02 Å². The molecular weight excluding hydrogens is 412 g/mol. The van der Waals surface area contributed by atoms with Crippen LogP contribution in [0.5, 0.6) is 5.75 Å². The number of amides is 1. The summed E-state index contributed by atoms with van der Waals surface area (Å²) in [6.45, 7) is 5.66. The first kappa shape index (κ1) is 21.5. The average molecular weight is 437 g/mol. The number of nitrogens with one attached hydrogen (secondary N) is 1. The highest BCUT2D eigenvalue weighted by molar-refractivity contribution is 7.95. The molecule has 1 atom stereocenters. The van der Waals surface area contributed by atoms with E-state index in [2.05, 4.69) is 5.32 Å². The van der Waals surface area contributed by atoms with Gasteiger partial charge in [-0.05, 0) is 82.1 Å². The zero-order valence-corrected chi connectivity index (χ0v) is 18.3. The van der Waals surface area contributed by atoms with Crippen LogP contribution in [0.3, 0.4) is 0 Å². The van der Waals surface area contributed by atoms with E-state index in [4.69, 9.17) is 16.3 Å². The molecule has 1 heterocycles. The Morgan fingerprint density at radius 3 is 2.34 bits per heavy atom. The third kappa shape index (κ3) is 4.36. The van der Waals surface area contributed by atoms with E-state index >= 15 is 0 Å². The van der Waals surface area contributed by atoms with Gasteiger partial charge in [0.05, 0.1) is 11.8 Å². The van der Waals surface area contributed by atoms with Crippen molar-refractivity contribution < 1.29 is 17.9 Å². The van der Waals surface area contributed by atoms with E-state index in [9.17, 15) is 13.2 Å². The van der Waals surface area contributed by atoms with Crippen LogP contribution in [0, 0.1) is 0 Å². The quantitative estimate of drug-likeness (QED) is 0.751. The molecule has 1 saturated heterocycles. The number of sulfonamides is 1. The smallest absolute Gasteiger partial charge is 0.249 e. The van der Waals surface area contributed by atoms with Crippen molar-refractivity contribution >= 4 is 38.9 Å². The van der Waals surface area contributed by atoms with Crippen molar-refractivity contribution in [1.82, 2.24) is 0 Å². The number of halogens is 1. The molecule has 1 fully saturated rings. The second-order valence-electron chi connectivity index (χ2n) is 7.53. The van der Waals surface area contributed by atoms with Crippen LogP contribution in [0.25, 0.3) is 0 Å². The van der Waals surface area contributed by atoms with Gasteiger partial charge in [-0.2, -0.15) is 0 Å². The Morgan fingerprint density at radius 1 is 1.14 bits per heavy atom. The van der Waals surface area contributed by atoms with E-state index in [0.717, 1.165) is 0 Å². The van der Waals surface area contributed by atoms with Crippen molar-refractivity contribution in [3.05, 3.63) is 53.6 Å². The fourth-order valence-corrected chi connectivity index (χ4v) is 5.38. The van der Waals surface area contributed by atoms with Gasteiger partial charge in [-0.1, -0.05) is 11.6 Å². The van der Waals surface area contributed by atoms with Crippen LogP contribution in [-0.4, -0.2) is 31.7 Å². The predicted molar refractivity (Wildman–Crippen MR) is 116 cm³/mol. The minimum atomic E-state index is -3.92. The summed E-state index contributed by atoms with van der Waals surface area (Å²) in [4.78, 5) is 13.0. The lowest BCUT2D eigenvalue weighted by atomic mass is 10.0. The van der Waals surface area contributed by atoms with Crippen LogP contribution in [0.15, 0.2) is 48.5 Å². The van der Waals surface area contributed by atoms with Gasteiger partial charge in [0.15, 0.2) is 4.75 Å². The van der Waals surface area contributed by atoms with Crippen molar-refractivity contribution in [1.29, 1.82) is 0 Å². The maximum Gasteiger partial charge on any atom is 0.249 e. The maximum absolute atomic E-state index is 13.3. The minimum Gasteiger partial charge on any atom is -0.491 e. The monoisotopic (exact) mass is 436 g/mol. The number of nitrogens with zero attached hydrogens (tertiary/aromatic N) is 1. The highest BCUT2D eigenvalue weighted by atomic mass is 35.5. The molecule has 0 saturated carbocycles. The van der Waals surface area contributed by atoms with E-state index in [-0.39, 0.29) is 12.5 Å². The van der Waals surface area contributed by atoms with Gasteiger partial charge in [-0.3, -0.25) is 9.10 Å². The fraction of sp³-hybridized carbons (Fsp3) is 0.381. The van der Waals surface area contributed by atoms with E-state index in [1.54, 1.807) is 48.5 Å². The van der Waals surface area contributed by atoms with Gasteiger partial charge in [0.25, 0.3) is 0 Å². The van der Waals surface area contributed by atoms with Crippen molar-refractivity contribution in [3.63, 3.8) is 0 Å². The molecule has 6 nitrogen and oxygen atoms in total. The molecular formula is C21H25ClN2O4S. The third-order valence-corrected chi connectivity index (χ3v) is 7.71. The summed E-state index contributed by atoms with van der Waals surface area (Å²) in [5.74, 6) is 0.136. The molecule has 0 unspecified atom stereocenters. The van der Waals surface area contributed by atoms with E-state index in [1.165, 1.54) is 11.2 Å². The summed E-state index contributed by atoms with van der Waals surface area (Å²) in [5, 5.41) is 3.27. The summed E-state index contributed by atoms with van der Waals surface area (Å²) in [6.07, 6.45) is 0.868. The number of hydrogen-bond acceptors (Lipinski definition) is 4. The van der Waals surface area contributed by atoms with Crippen molar-refractivity contribution in [2.45, 2.75) is 44.5 Å². The van der Waals surface area contributed by atoms with Crippen LogP contribution in [-0.2, 0) is 14.8 Å². The first-order valence-corrected chi connectivity index (χ1v) is 11.3. The third-order valence-electron chi connectivity index (χ3n) is 4.95. The molecule has 1 N–H and O–H groups in total. The number of hydrogen-bond donors (Lipinski definition) is 1. The van der Waals surface area contributed by atoms with Gasteiger partial charge >= 0.3 is 0 Å². The van der Waals surface area contributed by atoms with Crippen molar-refractivity contribution in [2.75, 3.05) is 16.2 Å². The van der Waals surface area contributed by atoms with Crippen LogP contribution >= 0.6 is 11.6 Å². The van der Waals surface area contributed by atoms with Gasteiger partial charge < -0.3 is 10.1 Å². The number of carbonyl (C=O) groups is 1. The lowest BCUT2D eigenvalue weighted by Crippen LogP contribution is -2.57. The van der Waals surface area contributed by atoms with Gasteiger partial charge in [0, 0.05) is 17.3 Å². The Hall–Kier alpha value is -2.25. The number of carbonyl (C=O) groups excluding carboxylic acids is 1. The number of anilines is 2. The molecule has 2 aromatic rings. The molecule has 1 amide bonds. The van der Waals surface area contributed by atoms with Gasteiger partial charge in [0.2, 0.25) is 15.9 Å². The highest BCUT2D eigenvalue weighted by Crippen LogP contribution is 2.36. The number of ether oxygens (including phenoxy) is 1. The molecule has 8 heteroatoms. The summed E-state index contributed by atoms with van der Waals surface area (Å²) in [7, 11) is -3.92. The normalized spacial score (nSPS) is 21.1. The second-order valence-corrected chi connectivity index (χ2v) is 10.3. The second kappa shape index (κ2) is 8.24. The number of rotatable bonds is 5. The Bertz CT molecular complexity index is 975. The van der Waals surface area contributed by atoms with Gasteiger partial charge in [-0.25, -0.2) is 8.42 Å². The largest absolute Gasteiger partial charge is 0.491 e. The van der Waals surface area contributed by atoms with Crippen LogP contribution in [0.4, 0.5) is 11.4 Å². The Kier molecular flexibility index (Phi) is 6.10. The molecule has 1 aliphatic heterocycles. The summed E-state index contributed by atoms with van der Waals surface area (Å²) in [6, 6.07) is 13.5. The molecule has 0 aromatic heterocycles. The van der Waals surface area contributed by atoms with Crippen molar-refractivity contribution in [3.8, 4) is 5.75 Å². The van der Waals surface area contributed by atoms with Crippen molar-refractivity contribution in [2.24, 2.45) is 0 Å². The Balaban J connectivity index is 1.82. The minimum absolute atomic E-state index is 0.0422. The molecule has 2 aromatic carbocycles. The van der Waals surface area contributed by atoms with Crippen LogP contribution < -0.4 is 14.4 Å². The number of benzene rings is 2. The van der Waals surface area contributed by atoms with Gasteiger partial charge in [0.1, 0.15) is 5.75 Å². The average Bonchev–Trinajstić information content (AvgIpc) is 2.66. The SMILES string of the molecule is CC(C)Oc1ccc(NC(=O)[C@@]2(C)CCCN(c3ccc(Cl)cc3)S2(=O)=O)cc1. The lowest BCUT2D eigenvalue weighted by molar-refractivity contribution is -0.118. The standard InChI is InChI=1S/C21H25ClN2O4S/c1-15(2)28-19-11-7-17(8-12-19)23-20(25)21(3)13-4-14-24(29(21,26)27)18-9-5-16(22)6-10-18/h5-12,15H,4,13-14H2,1-3H3,(H,23,25)/t21-/m1/s1. The first-order valence-electron chi connectivity index (χ1n) is 9.49. The molecule has 0 spiro atoms. The summed E-state index contributed by atoms with van der Waals surface area (Å²) < 4.78 is 32.0. The fourth-order valence-electron chi connectivity index (χ4n) is 3.31. The summed E-state index contributed by atoms with van der Waals surface area (Å²) >= 11 is 5.92. The molecule has 156 valence electrons. The molecule has 29 heavy (non-hydrogen) atoms. The maximum atomic E-state index is 13.3. The van der Waals surface area contributed by atoms with Gasteiger partial charge in [-0.15, -0.1) is 0 Å². The lowest BCUT2D eigenvalue weighted by Gasteiger charge is -2.39. The zero-order valence-electron chi connectivity index (χ0n) is 16.7.